The van der Waals surface area contributed by atoms with Crippen molar-refractivity contribution in [3.8, 4) is 5.75 Å². The summed E-state index contributed by atoms with van der Waals surface area (Å²) in [5, 5.41) is 2.50. The fourth-order valence-electron chi connectivity index (χ4n) is 5.59. The highest BCUT2D eigenvalue weighted by molar-refractivity contribution is 5.84. The van der Waals surface area contributed by atoms with E-state index in [1.54, 1.807) is 0 Å². The number of nitrogens with zero attached hydrogens (tertiary/aromatic N) is 1. The van der Waals surface area contributed by atoms with Crippen LogP contribution in [0, 0.1) is 17.3 Å². The van der Waals surface area contributed by atoms with Crippen molar-refractivity contribution >= 4 is 16.7 Å². The zero-order chi connectivity index (χ0) is 24.1. The van der Waals surface area contributed by atoms with Crippen LogP contribution < -0.4 is 4.74 Å². The van der Waals surface area contributed by atoms with Crippen molar-refractivity contribution in [2.75, 3.05) is 19.7 Å². The predicted molar refractivity (Wildman–Crippen MR) is 139 cm³/mol. The zero-order valence-electron chi connectivity index (χ0n) is 21.6. The summed E-state index contributed by atoms with van der Waals surface area (Å²) in [5.74, 6) is 1.87. The third kappa shape index (κ3) is 6.53. The van der Waals surface area contributed by atoms with Gasteiger partial charge >= 0.3 is 5.97 Å². The standard InChI is InChI=1S/C30H43NO3/c1-5-18-33-29(32)23-14-16-31(17-15-23)21-22-6-7-25-20-28(11-8-24(25)19-22)34-27-12-9-26(10-13-27)30(2,3)4/h6-8,11,19-20,23,26-27H,5,9-10,12-18,21H2,1-4H3/t26-,27+. The molecule has 0 radical (unpaired) electrons. The van der Waals surface area contributed by atoms with Crippen LogP contribution in [-0.4, -0.2) is 36.7 Å². The molecule has 1 saturated carbocycles. The molecule has 2 aromatic carbocycles. The molecule has 0 unspecified atom stereocenters. The van der Waals surface area contributed by atoms with E-state index >= 15 is 0 Å². The van der Waals surface area contributed by atoms with Crippen LogP contribution >= 0.6 is 0 Å². The van der Waals surface area contributed by atoms with Crippen LogP contribution in [-0.2, 0) is 16.1 Å². The number of likely N-dealkylation sites (tertiary alicyclic amines) is 1. The third-order valence-electron chi connectivity index (χ3n) is 7.85. The zero-order valence-corrected chi connectivity index (χ0v) is 21.6. The monoisotopic (exact) mass is 465 g/mol. The van der Waals surface area contributed by atoms with Gasteiger partial charge in [-0.15, -0.1) is 0 Å². The highest BCUT2D eigenvalue weighted by Crippen LogP contribution is 2.39. The van der Waals surface area contributed by atoms with Gasteiger partial charge in [0.15, 0.2) is 0 Å². The number of fused-ring (bicyclic) bond motifs is 1. The van der Waals surface area contributed by atoms with Gasteiger partial charge in [-0.05, 0) is 104 Å². The van der Waals surface area contributed by atoms with Crippen molar-refractivity contribution in [2.24, 2.45) is 17.3 Å². The lowest BCUT2D eigenvalue weighted by Gasteiger charge is -2.37. The van der Waals surface area contributed by atoms with Crippen molar-refractivity contribution < 1.29 is 14.3 Å². The molecule has 1 saturated heterocycles. The number of benzene rings is 2. The Kier molecular flexibility index (Phi) is 8.18. The molecule has 0 bridgehead atoms. The maximum absolute atomic E-state index is 12.1. The summed E-state index contributed by atoms with van der Waals surface area (Å²) in [6.45, 7) is 12.5. The van der Waals surface area contributed by atoms with Crippen molar-refractivity contribution in [1.82, 2.24) is 4.90 Å². The maximum Gasteiger partial charge on any atom is 0.309 e. The first-order valence-electron chi connectivity index (χ1n) is 13.4. The normalized spacial score (nSPS) is 22.6. The number of rotatable bonds is 7. The van der Waals surface area contributed by atoms with E-state index in [4.69, 9.17) is 9.47 Å². The number of hydrogen-bond donors (Lipinski definition) is 0. The molecule has 186 valence electrons. The first-order chi connectivity index (χ1) is 16.3. The van der Waals surface area contributed by atoms with Gasteiger partial charge in [0.25, 0.3) is 0 Å². The Hall–Kier alpha value is -2.07. The molecule has 4 rings (SSSR count). The number of carbonyl (C=O) groups is 1. The molecule has 4 heteroatoms. The number of ether oxygens (including phenoxy) is 2. The molecule has 0 amide bonds. The smallest absolute Gasteiger partial charge is 0.309 e. The number of piperidine rings is 1. The first-order valence-corrected chi connectivity index (χ1v) is 13.4. The van der Waals surface area contributed by atoms with Crippen LogP contribution in [0.2, 0.25) is 0 Å². The van der Waals surface area contributed by atoms with Gasteiger partial charge in [0.1, 0.15) is 5.75 Å². The minimum absolute atomic E-state index is 0.00697. The molecule has 4 nitrogen and oxygen atoms in total. The number of esters is 1. The molecule has 1 aliphatic heterocycles. The van der Waals surface area contributed by atoms with Gasteiger partial charge in [-0.3, -0.25) is 9.69 Å². The Balaban J connectivity index is 1.29. The van der Waals surface area contributed by atoms with Crippen molar-refractivity contribution in [3.05, 3.63) is 42.0 Å². The Morgan fingerprint density at radius 1 is 0.941 bits per heavy atom. The van der Waals surface area contributed by atoms with Gasteiger partial charge in [-0.2, -0.15) is 0 Å². The molecular weight excluding hydrogens is 422 g/mol. The molecule has 1 aliphatic carbocycles. The van der Waals surface area contributed by atoms with E-state index in [0.717, 1.165) is 63.4 Å². The third-order valence-corrected chi connectivity index (χ3v) is 7.85. The molecule has 34 heavy (non-hydrogen) atoms. The molecule has 0 spiro atoms. The van der Waals surface area contributed by atoms with E-state index < -0.39 is 0 Å². The summed E-state index contributed by atoms with van der Waals surface area (Å²) >= 11 is 0. The molecular formula is C30H43NO3. The number of carbonyl (C=O) groups excluding carboxylic acids is 1. The topological polar surface area (TPSA) is 38.8 Å². The minimum atomic E-state index is -0.00697. The number of hydrogen-bond acceptors (Lipinski definition) is 4. The SMILES string of the molecule is CCCOC(=O)C1CCN(Cc2ccc3cc(O[C@H]4CC[C@@H](C(C)(C)C)CC4)ccc3c2)CC1. The molecule has 0 atom stereocenters. The quantitative estimate of drug-likeness (QED) is 0.413. The van der Waals surface area contributed by atoms with Crippen LogP contribution in [0.15, 0.2) is 36.4 Å². The van der Waals surface area contributed by atoms with Crippen molar-refractivity contribution in [1.29, 1.82) is 0 Å². The second-order valence-corrected chi connectivity index (χ2v) is 11.5. The van der Waals surface area contributed by atoms with Crippen LogP contribution in [0.3, 0.4) is 0 Å². The van der Waals surface area contributed by atoms with Gasteiger partial charge in [-0.1, -0.05) is 45.9 Å². The Bertz CT molecular complexity index is 947. The fraction of sp³-hybridized carbons (Fsp3) is 0.633. The lowest BCUT2D eigenvalue weighted by Crippen LogP contribution is -2.36. The summed E-state index contributed by atoms with van der Waals surface area (Å²) in [7, 11) is 0. The Morgan fingerprint density at radius 2 is 1.62 bits per heavy atom. The molecule has 2 fully saturated rings. The van der Waals surface area contributed by atoms with E-state index in [-0.39, 0.29) is 11.9 Å². The van der Waals surface area contributed by atoms with E-state index in [2.05, 4.69) is 62.1 Å². The van der Waals surface area contributed by atoms with E-state index in [1.807, 2.05) is 6.92 Å². The van der Waals surface area contributed by atoms with Gasteiger partial charge in [0.2, 0.25) is 0 Å². The predicted octanol–water partition coefficient (Wildman–Crippen LogP) is 6.99. The largest absolute Gasteiger partial charge is 0.490 e. The summed E-state index contributed by atoms with van der Waals surface area (Å²) < 4.78 is 11.7. The molecule has 0 N–H and O–H groups in total. The fourth-order valence-corrected chi connectivity index (χ4v) is 5.59. The lowest BCUT2D eigenvalue weighted by molar-refractivity contribution is -0.150. The highest BCUT2D eigenvalue weighted by atomic mass is 16.5. The Labute approximate surface area is 206 Å². The summed E-state index contributed by atoms with van der Waals surface area (Å²) in [6, 6.07) is 13.3. The molecule has 2 aromatic rings. The van der Waals surface area contributed by atoms with E-state index in [1.165, 1.54) is 29.2 Å². The van der Waals surface area contributed by atoms with Crippen molar-refractivity contribution in [3.63, 3.8) is 0 Å². The van der Waals surface area contributed by atoms with Gasteiger partial charge in [-0.25, -0.2) is 0 Å². The first kappa shape index (κ1) is 25.0. The molecule has 0 aromatic heterocycles. The summed E-state index contributed by atoms with van der Waals surface area (Å²) in [4.78, 5) is 14.6. The van der Waals surface area contributed by atoms with Gasteiger partial charge < -0.3 is 9.47 Å². The minimum Gasteiger partial charge on any atom is -0.490 e. The highest BCUT2D eigenvalue weighted by Gasteiger charge is 2.30. The average Bonchev–Trinajstić information content (AvgIpc) is 2.83. The second-order valence-electron chi connectivity index (χ2n) is 11.5. The second kappa shape index (κ2) is 11.1. The van der Waals surface area contributed by atoms with Crippen molar-refractivity contribution in [2.45, 2.75) is 85.3 Å². The summed E-state index contributed by atoms with van der Waals surface area (Å²) in [5.41, 5.74) is 1.73. The van der Waals surface area contributed by atoms with Crippen LogP contribution in [0.25, 0.3) is 10.8 Å². The maximum atomic E-state index is 12.1. The van der Waals surface area contributed by atoms with Crippen LogP contribution in [0.5, 0.6) is 5.75 Å². The molecule has 2 aliphatic rings. The summed E-state index contributed by atoms with van der Waals surface area (Å²) in [6.07, 6.45) is 7.88. The van der Waals surface area contributed by atoms with E-state index in [9.17, 15) is 4.79 Å². The lowest BCUT2D eigenvalue weighted by atomic mass is 9.72. The Morgan fingerprint density at radius 3 is 2.29 bits per heavy atom. The van der Waals surface area contributed by atoms with Crippen LogP contribution in [0.1, 0.15) is 78.2 Å². The molecule has 1 heterocycles. The van der Waals surface area contributed by atoms with E-state index in [0.29, 0.717) is 18.1 Å². The van der Waals surface area contributed by atoms with Gasteiger partial charge in [0, 0.05) is 6.54 Å². The van der Waals surface area contributed by atoms with Gasteiger partial charge in [0.05, 0.1) is 18.6 Å². The van der Waals surface area contributed by atoms with Crippen LogP contribution in [0.4, 0.5) is 0 Å². The average molecular weight is 466 g/mol.